The van der Waals surface area contributed by atoms with Crippen molar-refractivity contribution in [2.45, 2.75) is 39.5 Å². The molecule has 19 heavy (non-hydrogen) atoms. The molecule has 1 rings (SSSR count). The third-order valence-electron chi connectivity index (χ3n) is 2.84. The second-order valence-corrected chi connectivity index (χ2v) is 5.26. The van der Waals surface area contributed by atoms with Gasteiger partial charge in [-0.15, -0.1) is 0 Å². The van der Waals surface area contributed by atoms with Crippen molar-refractivity contribution in [3.63, 3.8) is 0 Å². The van der Waals surface area contributed by atoms with Crippen LogP contribution in [-0.4, -0.2) is 12.5 Å². The number of hydrogen-bond acceptors (Lipinski definition) is 1. The highest BCUT2D eigenvalue weighted by molar-refractivity contribution is 5.75. The molecule has 1 amide bonds. The number of hydrogen-bond donors (Lipinski definition) is 1. The van der Waals surface area contributed by atoms with E-state index < -0.39 is 0 Å². The Kier molecular flexibility index (Phi) is 7.64. The van der Waals surface area contributed by atoms with Crippen LogP contribution in [-0.2, 0) is 4.79 Å². The van der Waals surface area contributed by atoms with Crippen LogP contribution in [0.2, 0.25) is 0 Å². The summed E-state index contributed by atoms with van der Waals surface area (Å²) in [5.41, 5.74) is 1.23. The Bertz CT molecular complexity index is 382. The molecule has 1 aromatic carbocycles. The summed E-state index contributed by atoms with van der Waals surface area (Å²) < 4.78 is 0. The standard InChI is InChI=1S/C17H25NO/c1-15(2)14-18-17(19)13-9-4-3-6-10-16-11-7-5-8-12-16/h5-8,10-12,15H,3-4,9,13-14H2,1-2H3,(H,18,19). The zero-order valence-corrected chi connectivity index (χ0v) is 12.1. The van der Waals surface area contributed by atoms with E-state index in [9.17, 15) is 4.79 Å². The van der Waals surface area contributed by atoms with Crippen LogP contribution in [0.4, 0.5) is 0 Å². The average Bonchev–Trinajstić information content (AvgIpc) is 2.41. The van der Waals surface area contributed by atoms with Crippen molar-refractivity contribution in [2.24, 2.45) is 5.92 Å². The van der Waals surface area contributed by atoms with Crippen LogP contribution in [0.15, 0.2) is 36.4 Å². The van der Waals surface area contributed by atoms with Crippen LogP contribution < -0.4 is 5.32 Å². The maximum Gasteiger partial charge on any atom is 0.220 e. The van der Waals surface area contributed by atoms with Crippen LogP contribution >= 0.6 is 0 Å². The maximum absolute atomic E-state index is 11.5. The highest BCUT2D eigenvalue weighted by Crippen LogP contribution is 2.05. The largest absolute Gasteiger partial charge is 0.356 e. The van der Waals surface area contributed by atoms with Gasteiger partial charge >= 0.3 is 0 Å². The minimum absolute atomic E-state index is 0.181. The Morgan fingerprint density at radius 1 is 1.21 bits per heavy atom. The molecule has 0 atom stereocenters. The molecule has 0 aromatic heterocycles. The van der Waals surface area contributed by atoms with Crippen molar-refractivity contribution in [3.8, 4) is 0 Å². The van der Waals surface area contributed by atoms with E-state index in [2.05, 4.69) is 43.4 Å². The first-order valence-corrected chi connectivity index (χ1v) is 7.17. The first-order valence-electron chi connectivity index (χ1n) is 7.17. The molecule has 0 fully saturated rings. The van der Waals surface area contributed by atoms with E-state index in [1.54, 1.807) is 0 Å². The number of unbranched alkanes of at least 4 members (excludes halogenated alkanes) is 2. The number of amides is 1. The van der Waals surface area contributed by atoms with Gasteiger partial charge in [-0.1, -0.05) is 56.3 Å². The van der Waals surface area contributed by atoms with Gasteiger partial charge < -0.3 is 5.32 Å². The number of rotatable bonds is 8. The van der Waals surface area contributed by atoms with Crippen LogP contribution in [0.3, 0.4) is 0 Å². The molecule has 0 aliphatic rings. The normalized spacial score (nSPS) is 11.1. The molecule has 0 radical (unpaired) electrons. The summed E-state index contributed by atoms with van der Waals surface area (Å²) in [6, 6.07) is 10.3. The molecule has 0 unspecified atom stereocenters. The second-order valence-electron chi connectivity index (χ2n) is 5.26. The summed E-state index contributed by atoms with van der Waals surface area (Å²) >= 11 is 0. The smallest absolute Gasteiger partial charge is 0.220 e. The Labute approximate surface area is 116 Å². The molecule has 0 saturated heterocycles. The minimum Gasteiger partial charge on any atom is -0.356 e. The van der Waals surface area contributed by atoms with E-state index in [4.69, 9.17) is 0 Å². The lowest BCUT2D eigenvalue weighted by molar-refractivity contribution is -0.121. The van der Waals surface area contributed by atoms with Gasteiger partial charge in [0.15, 0.2) is 0 Å². The number of benzene rings is 1. The lowest BCUT2D eigenvalue weighted by Crippen LogP contribution is -2.26. The molecule has 2 nitrogen and oxygen atoms in total. The summed E-state index contributed by atoms with van der Waals surface area (Å²) in [5.74, 6) is 0.707. The summed E-state index contributed by atoms with van der Waals surface area (Å²) in [6.07, 6.45) is 8.03. The molecule has 2 heteroatoms. The first kappa shape index (κ1) is 15.5. The average molecular weight is 259 g/mol. The van der Waals surface area contributed by atoms with E-state index in [1.165, 1.54) is 5.56 Å². The third kappa shape index (κ3) is 8.20. The highest BCUT2D eigenvalue weighted by Gasteiger charge is 2.01. The Morgan fingerprint density at radius 3 is 2.63 bits per heavy atom. The summed E-state index contributed by atoms with van der Waals surface area (Å²) in [5, 5.41) is 2.94. The predicted octanol–water partition coefficient (Wildman–Crippen LogP) is 4.03. The fourth-order valence-electron chi connectivity index (χ4n) is 1.74. The zero-order chi connectivity index (χ0) is 13.9. The van der Waals surface area contributed by atoms with E-state index in [0.29, 0.717) is 12.3 Å². The molecule has 0 bridgehead atoms. The minimum atomic E-state index is 0.181. The van der Waals surface area contributed by atoms with Gasteiger partial charge in [-0.3, -0.25) is 4.79 Å². The fourth-order valence-corrected chi connectivity index (χ4v) is 1.74. The maximum atomic E-state index is 11.5. The monoisotopic (exact) mass is 259 g/mol. The van der Waals surface area contributed by atoms with Gasteiger partial charge in [-0.05, 0) is 30.7 Å². The van der Waals surface area contributed by atoms with Gasteiger partial charge in [0.2, 0.25) is 5.91 Å². The van der Waals surface area contributed by atoms with Crippen LogP contribution in [0.25, 0.3) is 6.08 Å². The van der Waals surface area contributed by atoms with Crippen LogP contribution in [0, 0.1) is 5.92 Å². The molecule has 0 heterocycles. The van der Waals surface area contributed by atoms with Crippen molar-refractivity contribution in [1.29, 1.82) is 0 Å². The molecule has 0 spiro atoms. The number of nitrogens with one attached hydrogen (secondary N) is 1. The van der Waals surface area contributed by atoms with Gasteiger partial charge in [0, 0.05) is 13.0 Å². The van der Waals surface area contributed by atoms with Crippen molar-refractivity contribution in [1.82, 2.24) is 5.32 Å². The van der Waals surface area contributed by atoms with Crippen LogP contribution in [0.5, 0.6) is 0 Å². The molecule has 0 aliphatic carbocycles. The molecular weight excluding hydrogens is 234 g/mol. The zero-order valence-electron chi connectivity index (χ0n) is 12.1. The molecule has 1 N–H and O–H groups in total. The summed E-state index contributed by atoms with van der Waals surface area (Å²) in [7, 11) is 0. The second kappa shape index (κ2) is 9.37. The van der Waals surface area contributed by atoms with Crippen LogP contribution in [0.1, 0.15) is 45.1 Å². The van der Waals surface area contributed by atoms with E-state index in [0.717, 1.165) is 25.8 Å². The number of carbonyl (C=O) groups excluding carboxylic acids is 1. The predicted molar refractivity (Wildman–Crippen MR) is 81.8 cm³/mol. The number of carbonyl (C=O) groups is 1. The summed E-state index contributed by atoms with van der Waals surface area (Å²) in [6.45, 7) is 5.00. The lowest BCUT2D eigenvalue weighted by Gasteiger charge is -2.06. The van der Waals surface area contributed by atoms with E-state index >= 15 is 0 Å². The van der Waals surface area contributed by atoms with E-state index in [1.807, 2.05) is 18.2 Å². The Balaban J connectivity index is 2.05. The highest BCUT2D eigenvalue weighted by atomic mass is 16.1. The summed E-state index contributed by atoms with van der Waals surface area (Å²) in [4.78, 5) is 11.5. The quantitative estimate of drug-likeness (QED) is 0.702. The third-order valence-corrected chi connectivity index (χ3v) is 2.84. The number of allylic oxidation sites excluding steroid dienone is 1. The molecule has 0 saturated carbocycles. The van der Waals surface area contributed by atoms with Crippen molar-refractivity contribution < 1.29 is 4.79 Å². The van der Waals surface area contributed by atoms with Crippen molar-refractivity contribution in [2.75, 3.05) is 6.54 Å². The van der Waals surface area contributed by atoms with Gasteiger partial charge in [-0.25, -0.2) is 0 Å². The van der Waals surface area contributed by atoms with Crippen molar-refractivity contribution >= 4 is 12.0 Å². The van der Waals surface area contributed by atoms with E-state index in [-0.39, 0.29) is 5.91 Å². The van der Waals surface area contributed by atoms with Gasteiger partial charge in [0.05, 0.1) is 0 Å². The SMILES string of the molecule is CC(C)CNC(=O)CCCCC=Cc1ccccc1. The topological polar surface area (TPSA) is 29.1 Å². The molecular formula is C17H25NO. The lowest BCUT2D eigenvalue weighted by atomic mass is 10.1. The molecule has 1 aromatic rings. The van der Waals surface area contributed by atoms with Crippen molar-refractivity contribution in [3.05, 3.63) is 42.0 Å². The fraction of sp³-hybridized carbons (Fsp3) is 0.471. The first-order chi connectivity index (χ1) is 9.18. The molecule has 104 valence electrons. The Hall–Kier alpha value is -1.57. The van der Waals surface area contributed by atoms with Gasteiger partial charge in [0.25, 0.3) is 0 Å². The van der Waals surface area contributed by atoms with Gasteiger partial charge in [-0.2, -0.15) is 0 Å². The van der Waals surface area contributed by atoms with Gasteiger partial charge in [0.1, 0.15) is 0 Å². The Morgan fingerprint density at radius 2 is 1.95 bits per heavy atom. The molecule has 0 aliphatic heterocycles.